The van der Waals surface area contributed by atoms with Gasteiger partial charge in [-0.3, -0.25) is 0 Å². The van der Waals surface area contributed by atoms with E-state index in [4.69, 9.17) is 15.2 Å². The van der Waals surface area contributed by atoms with E-state index in [1.807, 2.05) is 0 Å². The number of hydrogen-bond donors (Lipinski definition) is 1. The molecule has 0 heterocycles. The molecule has 0 amide bonds. The zero-order valence-corrected chi connectivity index (χ0v) is 10.3. The van der Waals surface area contributed by atoms with Gasteiger partial charge < -0.3 is 15.2 Å². The van der Waals surface area contributed by atoms with E-state index in [0.717, 1.165) is 31.4 Å². The van der Waals surface area contributed by atoms with Crippen LogP contribution < -0.4 is 10.5 Å². The molecule has 0 saturated heterocycles. The van der Waals surface area contributed by atoms with Crippen LogP contribution in [0, 0.1) is 11.6 Å². The number of methoxy groups -OCH3 is 1. The molecule has 1 aromatic carbocycles. The molecule has 1 saturated carbocycles. The van der Waals surface area contributed by atoms with Gasteiger partial charge in [0, 0.05) is 31.4 Å². The lowest BCUT2D eigenvalue weighted by molar-refractivity contribution is 0.0184. The molecule has 2 rings (SSSR count). The molecule has 3 nitrogen and oxygen atoms in total. The second-order valence-corrected chi connectivity index (χ2v) is 4.58. The molecule has 1 aromatic rings. The number of hydrogen-bond acceptors (Lipinski definition) is 3. The summed E-state index contributed by atoms with van der Waals surface area (Å²) in [5.74, 6) is -1.86. The Hall–Kier alpha value is -1.36. The zero-order valence-electron chi connectivity index (χ0n) is 10.3. The van der Waals surface area contributed by atoms with Gasteiger partial charge in [0.25, 0.3) is 0 Å². The molecule has 100 valence electrons. The maximum atomic E-state index is 13.6. The van der Waals surface area contributed by atoms with Crippen molar-refractivity contribution in [1.29, 1.82) is 0 Å². The van der Waals surface area contributed by atoms with Crippen molar-refractivity contribution in [2.24, 2.45) is 0 Å². The van der Waals surface area contributed by atoms with Crippen molar-refractivity contribution in [1.82, 2.24) is 0 Å². The van der Waals surface area contributed by atoms with Gasteiger partial charge in [-0.2, -0.15) is 0 Å². The molecule has 1 aliphatic rings. The molecule has 2 atom stereocenters. The molecule has 2 unspecified atom stereocenters. The number of anilines is 1. The van der Waals surface area contributed by atoms with E-state index in [1.54, 1.807) is 7.11 Å². The summed E-state index contributed by atoms with van der Waals surface area (Å²) in [5.41, 5.74) is 5.40. The van der Waals surface area contributed by atoms with E-state index >= 15 is 0 Å². The molecule has 5 heteroatoms. The molecule has 1 fully saturated rings. The molecule has 0 spiro atoms. The number of halogens is 2. The molecular weight excluding hydrogens is 240 g/mol. The summed E-state index contributed by atoms with van der Waals surface area (Å²) in [6, 6.07) is 2.13. The Morgan fingerprint density at radius 1 is 1.17 bits per heavy atom. The monoisotopic (exact) mass is 257 g/mol. The average molecular weight is 257 g/mol. The average Bonchev–Trinajstić information content (AvgIpc) is 2.34. The van der Waals surface area contributed by atoms with Crippen LogP contribution in [0.5, 0.6) is 5.75 Å². The maximum absolute atomic E-state index is 13.6. The first-order chi connectivity index (χ1) is 8.60. The van der Waals surface area contributed by atoms with Gasteiger partial charge >= 0.3 is 0 Å². The summed E-state index contributed by atoms with van der Waals surface area (Å²) in [6.45, 7) is 0. The van der Waals surface area contributed by atoms with E-state index in [9.17, 15) is 8.78 Å². The molecule has 0 aromatic heterocycles. The van der Waals surface area contributed by atoms with E-state index < -0.39 is 11.6 Å². The Morgan fingerprint density at radius 2 is 1.78 bits per heavy atom. The summed E-state index contributed by atoms with van der Waals surface area (Å²) in [6.07, 6.45) is 3.22. The Morgan fingerprint density at radius 3 is 2.39 bits per heavy atom. The van der Waals surface area contributed by atoms with Crippen LogP contribution >= 0.6 is 0 Å². The Bertz CT molecular complexity index is 402. The van der Waals surface area contributed by atoms with Gasteiger partial charge in [0.1, 0.15) is 6.10 Å². The van der Waals surface area contributed by atoms with Gasteiger partial charge in [0.2, 0.25) is 0 Å². The fourth-order valence-corrected chi connectivity index (χ4v) is 2.28. The van der Waals surface area contributed by atoms with Gasteiger partial charge in [-0.15, -0.1) is 0 Å². The minimum atomic E-state index is -0.757. The van der Waals surface area contributed by atoms with E-state index in [1.165, 1.54) is 0 Å². The van der Waals surface area contributed by atoms with Crippen molar-refractivity contribution in [3.63, 3.8) is 0 Å². The first-order valence-electron chi connectivity index (χ1n) is 6.04. The molecule has 0 radical (unpaired) electrons. The molecule has 0 aliphatic heterocycles. The first-order valence-corrected chi connectivity index (χ1v) is 6.04. The third kappa shape index (κ3) is 2.90. The van der Waals surface area contributed by atoms with E-state index in [0.29, 0.717) is 6.42 Å². The number of nitrogen functional groups attached to an aromatic ring is 1. The van der Waals surface area contributed by atoms with Crippen LogP contribution in [0.15, 0.2) is 12.1 Å². The van der Waals surface area contributed by atoms with Crippen molar-refractivity contribution < 1.29 is 18.3 Å². The van der Waals surface area contributed by atoms with Gasteiger partial charge in [0.15, 0.2) is 17.4 Å². The van der Waals surface area contributed by atoms with E-state index in [-0.39, 0.29) is 23.6 Å². The van der Waals surface area contributed by atoms with Crippen LogP contribution in [0.25, 0.3) is 0 Å². The lowest BCUT2D eigenvalue weighted by Crippen LogP contribution is -2.30. The number of rotatable bonds is 3. The third-order valence-electron chi connectivity index (χ3n) is 3.22. The molecule has 0 bridgehead atoms. The standard InChI is InChI=1S/C13H17F2NO2/c1-17-9-3-2-4-10(7-9)18-13-11(14)5-8(16)6-12(13)15/h5-6,9-10H,2-4,7,16H2,1H3. The van der Waals surface area contributed by atoms with Crippen molar-refractivity contribution in [2.75, 3.05) is 12.8 Å². The summed E-state index contributed by atoms with van der Waals surface area (Å²) in [5, 5.41) is 0. The van der Waals surface area contributed by atoms with Crippen LogP contribution in [-0.2, 0) is 4.74 Å². The van der Waals surface area contributed by atoms with Gasteiger partial charge in [-0.1, -0.05) is 0 Å². The highest BCUT2D eigenvalue weighted by Crippen LogP contribution is 2.29. The predicted molar refractivity (Wildman–Crippen MR) is 64.5 cm³/mol. The minimum absolute atomic E-state index is 0.0516. The SMILES string of the molecule is COC1CCCC(Oc2c(F)cc(N)cc2F)C1. The number of ether oxygens (including phenoxy) is 2. The highest BCUT2D eigenvalue weighted by atomic mass is 19.1. The normalized spacial score (nSPS) is 23.9. The first kappa shape index (κ1) is 13.1. The Kier molecular flexibility index (Phi) is 4.01. The summed E-state index contributed by atoms with van der Waals surface area (Å²) < 4.78 is 37.8. The molecular formula is C13H17F2NO2. The maximum Gasteiger partial charge on any atom is 0.191 e. The predicted octanol–water partition coefficient (Wildman–Crippen LogP) is 2.88. The topological polar surface area (TPSA) is 44.5 Å². The molecule has 2 N–H and O–H groups in total. The summed E-state index contributed by atoms with van der Waals surface area (Å²) in [7, 11) is 1.64. The van der Waals surface area contributed by atoms with Gasteiger partial charge in [-0.05, 0) is 19.3 Å². The highest BCUT2D eigenvalue weighted by molar-refractivity contribution is 5.44. The number of nitrogens with two attached hydrogens (primary N) is 1. The van der Waals surface area contributed by atoms with Crippen LogP contribution in [-0.4, -0.2) is 19.3 Å². The fourth-order valence-electron chi connectivity index (χ4n) is 2.28. The van der Waals surface area contributed by atoms with Crippen LogP contribution in [0.4, 0.5) is 14.5 Å². The Balaban J connectivity index is 2.09. The quantitative estimate of drug-likeness (QED) is 0.847. The summed E-state index contributed by atoms with van der Waals surface area (Å²) >= 11 is 0. The molecule has 1 aliphatic carbocycles. The third-order valence-corrected chi connectivity index (χ3v) is 3.22. The lowest BCUT2D eigenvalue weighted by Gasteiger charge is -2.28. The van der Waals surface area contributed by atoms with Crippen molar-refractivity contribution >= 4 is 5.69 Å². The van der Waals surface area contributed by atoms with Crippen LogP contribution in [0.1, 0.15) is 25.7 Å². The smallest absolute Gasteiger partial charge is 0.191 e. The van der Waals surface area contributed by atoms with Gasteiger partial charge in [0.05, 0.1) is 6.10 Å². The van der Waals surface area contributed by atoms with Crippen molar-refractivity contribution in [3.8, 4) is 5.75 Å². The van der Waals surface area contributed by atoms with Crippen molar-refractivity contribution in [2.45, 2.75) is 37.9 Å². The highest BCUT2D eigenvalue weighted by Gasteiger charge is 2.25. The largest absolute Gasteiger partial charge is 0.484 e. The van der Waals surface area contributed by atoms with Gasteiger partial charge in [-0.25, -0.2) is 8.78 Å². The second-order valence-electron chi connectivity index (χ2n) is 4.58. The Labute approximate surface area is 105 Å². The summed E-state index contributed by atoms with van der Waals surface area (Å²) in [4.78, 5) is 0. The van der Waals surface area contributed by atoms with Crippen LogP contribution in [0.3, 0.4) is 0 Å². The lowest BCUT2D eigenvalue weighted by atomic mass is 9.95. The minimum Gasteiger partial charge on any atom is -0.484 e. The molecule has 18 heavy (non-hydrogen) atoms. The van der Waals surface area contributed by atoms with E-state index in [2.05, 4.69) is 0 Å². The van der Waals surface area contributed by atoms with Crippen LogP contribution in [0.2, 0.25) is 0 Å². The number of benzene rings is 1. The fraction of sp³-hybridized carbons (Fsp3) is 0.538. The zero-order chi connectivity index (χ0) is 13.1. The van der Waals surface area contributed by atoms with Crippen molar-refractivity contribution in [3.05, 3.63) is 23.8 Å². The second kappa shape index (κ2) is 5.52.